The van der Waals surface area contributed by atoms with Gasteiger partial charge in [0.25, 0.3) is 0 Å². The number of carbonyl (C=O) groups is 1. The van der Waals surface area contributed by atoms with Crippen LogP contribution in [0.15, 0.2) is 42.5 Å². The maximum absolute atomic E-state index is 12.2. The summed E-state index contributed by atoms with van der Waals surface area (Å²) in [6, 6.07) is 12.9. The first kappa shape index (κ1) is 20.8. The van der Waals surface area contributed by atoms with Gasteiger partial charge in [-0.3, -0.25) is 9.10 Å². The number of nitrogens with one attached hydrogen (secondary N) is 1. The van der Waals surface area contributed by atoms with E-state index in [1.54, 1.807) is 13.2 Å². The Labute approximate surface area is 161 Å². The number of hydrogen-bond donors (Lipinski definition) is 1. The van der Waals surface area contributed by atoms with Crippen LogP contribution < -0.4 is 14.4 Å². The molecule has 0 aliphatic carbocycles. The highest BCUT2D eigenvalue weighted by molar-refractivity contribution is 7.92. The number of sulfonamides is 1. The summed E-state index contributed by atoms with van der Waals surface area (Å²) in [5.74, 6) is 0.476. The summed E-state index contributed by atoms with van der Waals surface area (Å²) in [7, 11) is -1.91. The van der Waals surface area contributed by atoms with Crippen molar-refractivity contribution in [1.82, 2.24) is 5.32 Å². The third-order valence-corrected chi connectivity index (χ3v) is 5.58. The van der Waals surface area contributed by atoms with E-state index in [0.717, 1.165) is 22.9 Å². The van der Waals surface area contributed by atoms with Crippen LogP contribution in [0.4, 0.5) is 5.69 Å². The molecule has 0 atom stereocenters. The van der Waals surface area contributed by atoms with Crippen molar-refractivity contribution < 1.29 is 17.9 Å². The Bertz CT molecular complexity index is 910. The molecule has 0 bridgehead atoms. The first-order chi connectivity index (χ1) is 12.7. The number of anilines is 1. The molecule has 1 N–H and O–H groups in total. The summed E-state index contributed by atoms with van der Waals surface area (Å²) in [5.41, 5.74) is 3.52. The largest absolute Gasteiger partial charge is 0.496 e. The van der Waals surface area contributed by atoms with Gasteiger partial charge in [0, 0.05) is 25.1 Å². The van der Waals surface area contributed by atoms with Crippen LogP contribution in [0.3, 0.4) is 0 Å². The second kappa shape index (κ2) is 8.90. The molecule has 0 unspecified atom stereocenters. The van der Waals surface area contributed by atoms with Gasteiger partial charge < -0.3 is 10.1 Å². The van der Waals surface area contributed by atoms with Crippen LogP contribution in [0.1, 0.15) is 23.1 Å². The van der Waals surface area contributed by atoms with Gasteiger partial charge in [-0.15, -0.1) is 0 Å². The van der Waals surface area contributed by atoms with Crippen LogP contribution in [0.25, 0.3) is 0 Å². The Morgan fingerprint density at radius 1 is 1.11 bits per heavy atom. The highest BCUT2D eigenvalue weighted by atomic mass is 32.2. The van der Waals surface area contributed by atoms with E-state index in [0.29, 0.717) is 18.0 Å². The quantitative estimate of drug-likeness (QED) is 0.752. The number of para-hydroxylation sites is 1. The molecular weight excluding hydrogens is 364 g/mol. The zero-order chi connectivity index (χ0) is 20.0. The van der Waals surface area contributed by atoms with Crippen molar-refractivity contribution in [2.45, 2.75) is 26.8 Å². The van der Waals surface area contributed by atoms with E-state index in [9.17, 15) is 13.2 Å². The minimum atomic E-state index is -3.49. The molecule has 6 nitrogen and oxygen atoms in total. The molecular formula is C20H26N2O4S. The van der Waals surface area contributed by atoms with E-state index >= 15 is 0 Å². The third-order valence-electron chi connectivity index (χ3n) is 4.39. The lowest BCUT2D eigenvalue weighted by Gasteiger charge is -2.23. The summed E-state index contributed by atoms with van der Waals surface area (Å²) in [6.07, 6.45) is 1.21. The highest BCUT2D eigenvalue weighted by Gasteiger charge is 2.19. The van der Waals surface area contributed by atoms with Crippen LogP contribution in [-0.4, -0.2) is 34.2 Å². The Balaban J connectivity index is 2.02. The summed E-state index contributed by atoms with van der Waals surface area (Å²) >= 11 is 0. The average Bonchev–Trinajstić information content (AvgIpc) is 2.62. The smallest absolute Gasteiger partial charge is 0.232 e. The number of methoxy groups -OCH3 is 1. The molecule has 0 heterocycles. The SMILES string of the molecule is COc1ccccc1CNC(=O)CCN(c1ccc(C)c(C)c1)S(C)(=O)=O. The van der Waals surface area contributed by atoms with Gasteiger partial charge in [0.15, 0.2) is 0 Å². The molecule has 1 amide bonds. The maximum atomic E-state index is 12.2. The number of ether oxygens (including phenoxy) is 1. The number of hydrogen-bond acceptors (Lipinski definition) is 4. The van der Waals surface area contributed by atoms with Crippen LogP contribution in [-0.2, 0) is 21.4 Å². The highest BCUT2D eigenvalue weighted by Crippen LogP contribution is 2.21. The average molecular weight is 391 g/mol. The summed E-state index contributed by atoms with van der Waals surface area (Å²) in [4.78, 5) is 12.2. The topological polar surface area (TPSA) is 75.7 Å². The first-order valence-corrected chi connectivity index (χ1v) is 10.5. The molecule has 2 aromatic carbocycles. The predicted molar refractivity (Wildman–Crippen MR) is 108 cm³/mol. The predicted octanol–water partition coefficient (Wildman–Crippen LogP) is 2.78. The monoisotopic (exact) mass is 390 g/mol. The zero-order valence-electron chi connectivity index (χ0n) is 16.2. The number of amides is 1. The van der Waals surface area contributed by atoms with Gasteiger partial charge in [-0.2, -0.15) is 0 Å². The fourth-order valence-electron chi connectivity index (χ4n) is 2.70. The number of benzene rings is 2. The van der Waals surface area contributed by atoms with Crippen molar-refractivity contribution in [2.75, 3.05) is 24.2 Å². The molecule has 0 aliphatic rings. The molecule has 0 saturated carbocycles. The fraction of sp³-hybridized carbons (Fsp3) is 0.350. The van der Waals surface area contributed by atoms with Gasteiger partial charge in [-0.05, 0) is 43.2 Å². The van der Waals surface area contributed by atoms with Crippen LogP contribution >= 0.6 is 0 Å². The van der Waals surface area contributed by atoms with Crippen molar-refractivity contribution >= 4 is 21.6 Å². The zero-order valence-corrected chi connectivity index (χ0v) is 17.0. The van der Waals surface area contributed by atoms with E-state index < -0.39 is 10.0 Å². The molecule has 0 spiro atoms. The van der Waals surface area contributed by atoms with Crippen molar-refractivity contribution in [1.29, 1.82) is 0 Å². The van der Waals surface area contributed by atoms with Crippen molar-refractivity contribution in [3.8, 4) is 5.75 Å². The van der Waals surface area contributed by atoms with E-state index in [-0.39, 0.29) is 18.9 Å². The van der Waals surface area contributed by atoms with Crippen molar-refractivity contribution in [3.05, 3.63) is 59.2 Å². The molecule has 146 valence electrons. The van der Waals surface area contributed by atoms with E-state index in [1.807, 2.05) is 50.2 Å². The van der Waals surface area contributed by atoms with Crippen LogP contribution in [0, 0.1) is 13.8 Å². The number of aryl methyl sites for hydroxylation is 2. The number of nitrogens with zero attached hydrogens (tertiary/aromatic N) is 1. The molecule has 7 heteroatoms. The summed E-state index contributed by atoms with van der Waals surface area (Å²) in [6.45, 7) is 4.30. The first-order valence-electron chi connectivity index (χ1n) is 8.66. The van der Waals surface area contributed by atoms with E-state index in [4.69, 9.17) is 4.74 Å². The molecule has 2 rings (SSSR count). The minimum Gasteiger partial charge on any atom is -0.496 e. The fourth-order valence-corrected chi connectivity index (χ4v) is 3.62. The molecule has 0 saturated heterocycles. The number of carbonyl (C=O) groups excluding carboxylic acids is 1. The van der Waals surface area contributed by atoms with Crippen molar-refractivity contribution in [3.63, 3.8) is 0 Å². The second-order valence-corrected chi connectivity index (χ2v) is 8.35. The Morgan fingerprint density at radius 3 is 2.44 bits per heavy atom. The van der Waals surface area contributed by atoms with Gasteiger partial charge in [0.2, 0.25) is 15.9 Å². The second-order valence-electron chi connectivity index (χ2n) is 6.44. The van der Waals surface area contributed by atoms with Gasteiger partial charge in [-0.1, -0.05) is 24.3 Å². The van der Waals surface area contributed by atoms with Gasteiger partial charge in [0.1, 0.15) is 5.75 Å². The molecule has 2 aromatic rings. The minimum absolute atomic E-state index is 0.0646. The standard InChI is InChI=1S/C20H26N2O4S/c1-15-9-10-18(13-16(15)2)22(27(4,24)25)12-11-20(23)21-14-17-7-5-6-8-19(17)26-3/h5-10,13H,11-12,14H2,1-4H3,(H,21,23). The lowest BCUT2D eigenvalue weighted by molar-refractivity contribution is -0.121. The molecule has 0 fully saturated rings. The van der Waals surface area contributed by atoms with Gasteiger partial charge in [-0.25, -0.2) is 8.42 Å². The molecule has 0 aromatic heterocycles. The lowest BCUT2D eigenvalue weighted by atomic mass is 10.1. The van der Waals surface area contributed by atoms with E-state index in [2.05, 4.69) is 5.32 Å². The Morgan fingerprint density at radius 2 is 1.81 bits per heavy atom. The molecule has 27 heavy (non-hydrogen) atoms. The van der Waals surface area contributed by atoms with Crippen LogP contribution in [0.5, 0.6) is 5.75 Å². The maximum Gasteiger partial charge on any atom is 0.232 e. The van der Waals surface area contributed by atoms with Gasteiger partial charge >= 0.3 is 0 Å². The Hall–Kier alpha value is -2.54. The number of rotatable bonds is 8. The van der Waals surface area contributed by atoms with Gasteiger partial charge in [0.05, 0.1) is 19.1 Å². The summed E-state index contributed by atoms with van der Waals surface area (Å²) in [5, 5.41) is 2.81. The lowest BCUT2D eigenvalue weighted by Crippen LogP contribution is -2.34. The summed E-state index contributed by atoms with van der Waals surface area (Å²) < 4.78 is 30.9. The normalized spacial score (nSPS) is 11.1. The third kappa shape index (κ3) is 5.72. The van der Waals surface area contributed by atoms with Crippen molar-refractivity contribution in [2.24, 2.45) is 0 Å². The molecule has 0 radical (unpaired) electrons. The molecule has 0 aliphatic heterocycles. The van der Waals surface area contributed by atoms with Crippen LogP contribution in [0.2, 0.25) is 0 Å². The van der Waals surface area contributed by atoms with E-state index in [1.165, 1.54) is 4.31 Å². The Kier molecular flexibility index (Phi) is 6.85.